The summed E-state index contributed by atoms with van der Waals surface area (Å²) in [5, 5.41) is 1.65. The predicted molar refractivity (Wildman–Crippen MR) is 82.9 cm³/mol. The SMILES string of the molecule is CC1=Cc2cccc([Si](C)(C)C3C=CC=C3)c2C1. The molecule has 1 heteroatoms. The van der Waals surface area contributed by atoms with E-state index in [2.05, 4.69) is 68.6 Å². The van der Waals surface area contributed by atoms with Crippen molar-refractivity contribution in [3.8, 4) is 0 Å². The molecule has 0 nitrogen and oxygen atoms in total. The molecular weight excluding hydrogens is 232 g/mol. The number of rotatable bonds is 2. The van der Waals surface area contributed by atoms with Gasteiger partial charge in [-0.1, -0.05) is 72.4 Å². The second-order valence-electron chi connectivity index (χ2n) is 6.06. The van der Waals surface area contributed by atoms with Gasteiger partial charge in [0.2, 0.25) is 0 Å². The lowest BCUT2D eigenvalue weighted by atomic mass is 10.1. The van der Waals surface area contributed by atoms with Crippen molar-refractivity contribution in [2.24, 2.45) is 0 Å². The van der Waals surface area contributed by atoms with Crippen LogP contribution < -0.4 is 5.19 Å². The van der Waals surface area contributed by atoms with Crippen molar-refractivity contribution in [2.75, 3.05) is 0 Å². The molecule has 0 aromatic heterocycles. The smallest absolute Gasteiger partial charge is 0.0800 e. The quantitative estimate of drug-likeness (QED) is 0.696. The lowest BCUT2D eigenvalue weighted by Gasteiger charge is -2.30. The Kier molecular flexibility index (Phi) is 2.67. The monoisotopic (exact) mass is 252 g/mol. The van der Waals surface area contributed by atoms with E-state index in [1.54, 1.807) is 10.8 Å². The van der Waals surface area contributed by atoms with Crippen LogP contribution in [0.25, 0.3) is 6.08 Å². The number of benzene rings is 1. The van der Waals surface area contributed by atoms with E-state index in [0.717, 1.165) is 6.42 Å². The molecule has 0 aliphatic heterocycles. The highest BCUT2D eigenvalue weighted by atomic mass is 28.3. The first-order valence-corrected chi connectivity index (χ1v) is 9.81. The summed E-state index contributed by atoms with van der Waals surface area (Å²) < 4.78 is 0. The molecule has 0 saturated carbocycles. The normalized spacial score (nSPS) is 18.3. The molecule has 1 aromatic rings. The van der Waals surface area contributed by atoms with Crippen molar-refractivity contribution in [3.05, 3.63) is 59.2 Å². The molecule has 0 N–H and O–H groups in total. The van der Waals surface area contributed by atoms with Gasteiger partial charge in [0.1, 0.15) is 0 Å². The minimum absolute atomic E-state index is 0.657. The standard InChI is InChI=1S/C17H20Si/c1-13-11-14-7-6-10-17(16(14)12-13)18(2,3)15-8-4-5-9-15/h4-11,15H,12H2,1-3H3. The second kappa shape index (κ2) is 4.10. The Bertz CT molecular complexity index is 561. The summed E-state index contributed by atoms with van der Waals surface area (Å²) in [7, 11) is -1.44. The summed E-state index contributed by atoms with van der Waals surface area (Å²) in [5.41, 5.74) is 5.21. The van der Waals surface area contributed by atoms with Gasteiger partial charge in [-0.05, 0) is 30.0 Å². The molecule has 92 valence electrons. The first-order valence-electron chi connectivity index (χ1n) is 6.73. The highest BCUT2D eigenvalue weighted by Crippen LogP contribution is 2.32. The minimum Gasteiger partial charge on any atom is -0.0800 e. The Morgan fingerprint density at radius 3 is 2.56 bits per heavy atom. The van der Waals surface area contributed by atoms with E-state index < -0.39 is 8.07 Å². The summed E-state index contributed by atoms with van der Waals surface area (Å²) in [6.07, 6.45) is 12.7. The average Bonchev–Trinajstić information content (AvgIpc) is 2.95. The summed E-state index contributed by atoms with van der Waals surface area (Å²) in [4.78, 5) is 0. The Balaban J connectivity index is 2.07. The maximum Gasteiger partial charge on any atom is 0.0915 e. The van der Waals surface area contributed by atoms with Crippen molar-refractivity contribution in [1.29, 1.82) is 0 Å². The van der Waals surface area contributed by atoms with E-state index in [-0.39, 0.29) is 0 Å². The van der Waals surface area contributed by atoms with Crippen molar-refractivity contribution < 1.29 is 0 Å². The van der Waals surface area contributed by atoms with Gasteiger partial charge in [0.25, 0.3) is 0 Å². The van der Waals surface area contributed by atoms with E-state index in [4.69, 9.17) is 0 Å². The summed E-state index contributed by atoms with van der Waals surface area (Å²) >= 11 is 0. The molecule has 0 saturated heterocycles. The lowest BCUT2D eigenvalue weighted by molar-refractivity contribution is 1.20. The number of hydrogen-bond donors (Lipinski definition) is 0. The third-order valence-electron chi connectivity index (χ3n) is 4.35. The van der Waals surface area contributed by atoms with Crippen LogP contribution in [0.3, 0.4) is 0 Å². The lowest BCUT2D eigenvalue weighted by Crippen LogP contribution is -2.46. The van der Waals surface area contributed by atoms with E-state index in [0.29, 0.717) is 5.54 Å². The molecule has 0 atom stereocenters. The van der Waals surface area contributed by atoms with Crippen LogP contribution in [0.1, 0.15) is 18.1 Å². The fourth-order valence-electron chi connectivity index (χ4n) is 3.23. The van der Waals surface area contributed by atoms with Crippen molar-refractivity contribution in [3.63, 3.8) is 0 Å². The second-order valence-corrected chi connectivity index (χ2v) is 10.7. The molecule has 0 amide bonds. The molecular formula is C17H20Si. The number of fused-ring (bicyclic) bond motifs is 1. The van der Waals surface area contributed by atoms with E-state index in [1.807, 2.05) is 0 Å². The van der Waals surface area contributed by atoms with Crippen molar-refractivity contribution >= 4 is 19.3 Å². The van der Waals surface area contributed by atoms with Crippen LogP contribution in [-0.2, 0) is 6.42 Å². The Morgan fingerprint density at radius 2 is 1.83 bits per heavy atom. The first-order chi connectivity index (χ1) is 8.59. The molecule has 0 fully saturated rings. The third-order valence-corrected chi connectivity index (χ3v) is 8.25. The van der Waals surface area contributed by atoms with Gasteiger partial charge in [-0.15, -0.1) is 0 Å². The predicted octanol–water partition coefficient (Wildman–Crippen LogP) is 4.06. The van der Waals surface area contributed by atoms with E-state index in [9.17, 15) is 0 Å². The maximum absolute atomic E-state index is 2.50. The Morgan fingerprint density at radius 1 is 1.11 bits per heavy atom. The molecule has 0 spiro atoms. The van der Waals surface area contributed by atoms with Crippen LogP contribution in [0, 0.1) is 0 Å². The zero-order valence-corrected chi connectivity index (χ0v) is 12.4. The Labute approximate surface area is 111 Å². The molecule has 2 aliphatic carbocycles. The van der Waals surface area contributed by atoms with Gasteiger partial charge in [0.15, 0.2) is 0 Å². The number of hydrogen-bond acceptors (Lipinski definition) is 0. The highest BCUT2D eigenvalue weighted by molar-refractivity contribution is 6.92. The van der Waals surface area contributed by atoms with E-state index in [1.165, 1.54) is 11.1 Å². The topological polar surface area (TPSA) is 0 Å². The zero-order valence-electron chi connectivity index (χ0n) is 11.4. The van der Waals surface area contributed by atoms with Gasteiger partial charge in [-0.25, -0.2) is 0 Å². The van der Waals surface area contributed by atoms with Crippen LogP contribution in [0.5, 0.6) is 0 Å². The fourth-order valence-corrected chi connectivity index (χ4v) is 6.31. The first kappa shape index (κ1) is 11.7. The largest absolute Gasteiger partial charge is 0.0915 e. The van der Waals surface area contributed by atoms with Gasteiger partial charge in [-0.2, -0.15) is 0 Å². The van der Waals surface area contributed by atoms with Gasteiger partial charge >= 0.3 is 0 Å². The van der Waals surface area contributed by atoms with Crippen LogP contribution >= 0.6 is 0 Å². The molecule has 2 aliphatic rings. The summed E-state index contributed by atoms with van der Waals surface area (Å²) in [6.45, 7) is 7.25. The summed E-state index contributed by atoms with van der Waals surface area (Å²) in [5.74, 6) is 0. The third kappa shape index (κ3) is 1.74. The van der Waals surface area contributed by atoms with Gasteiger partial charge in [-0.3, -0.25) is 0 Å². The van der Waals surface area contributed by atoms with Crippen molar-refractivity contribution in [1.82, 2.24) is 0 Å². The van der Waals surface area contributed by atoms with Gasteiger partial charge < -0.3 is 0 Å². The van der Waals surface area contributed by atoms with Crippen LogP contribution in [-0.4, -0.2) is 8.07 Å². The molecule has 3 rings (SSSR count). The van der Waals surface area contributed by atoms with Gasteiger partial charge in [0, 0.05) is 0 Å². The van der Waals surface area contributed by atoms with E-state index >= 15 is 0 Å². The molecule has 1 aromatic carbocycles. The molecule has 0 unspecified atom stereocenters. The maximum atomic E-state index is 2.50. The average molecular weight is 252 g/mol. The zero-order chi connectivity index (χ0) is 12.8. The highest BCUT2D eigenvalue weighted by Gasteiger charge is 2.34. The molecule has 18 heavy (non-hydrogen) atoms. The molecule has 0 bridgehead atoms. The molecule has 0 heterocycles. The Hall–Kier alpha value is -1.34. The van der Waals surface area contributed by atoms with Crippen LogP contribution in [0.2, 0.25) is 18.6 Å². The number of allylic oxidation sites excluding steroid dienone is 5. The fraction of sp³-hybridized carbons (Fsp3) is 0.294. The van der Waals surface area contributed by atoms with Crippen LogP contribution in [0.15, 0.2) is 48.1 Å². The molecule has 0 radical (unpaired) electrons. The summed E-state index contributed by atoms with van der Waals surface area (Å²) in [6, 6.07) is 6.87. The van der Waals surface area contributed by atoms with Crippen LogP contribution in [0.4, 0.5) is 0 Å². The minimum atomic E-state index is -1.44. The van der Waals surface area contributed by atoms with Gasteiger partial charge in [0.05, 0.1) is 8.07 Å². The van der Waals surface area contributed by atoms with Crippen molar-refractivity contribution in [2.45, 2.75) is 32.0 Å².